The molecule has 0 spiro atoms. The molecule has 3 heteroatoms. The third-order valence-corrected chi connectivity index (χ3v) is 6.47. The standard InChI is InChI=1S/C34H35NO2/c1-3-37-34(36)27(2)23-33(24-28-19-21-32(22-20-28)31-17-11-6-12-18-31)35(25-29-13-7-4-8-14-29)26-30-15-9-5-10-16-30/h4-23,33H,3,24-26H2,1-2H3. The van der Waals surface area contributed by atoms with E-state index in [1.807, 2.05) is 32.0 Å². The number of ether oxygens (including phenoxy) is 1. The molecule has 0 amide bonds. The molecule has 0 saturated heterocycles. The lowest BCUT2D eigenvalue weighted by molar-refractivity contribution is -0.138. The molecule has 0 aliphatic rings. The van der Waals surface area contributed by atoms with Gasteiger partial charge in [-0.2, -0.15) is 0 Å². The van der Waals surface area contributed by atoms with Crippen molar-refractivity contribution < 1.29 is 9.53 Å². The van der Waals surface area contributed by atoms with Crippen molar-refractivity contribution in [2.24, 2.45) is 0 Å². The number of esters is 1. The largest absolute Gasteiger partial charge is 0.463 e. The summed E-state index contributed by atoms with van der Waals surface area (Å²) in [6.45, 7) is 5.61. The smallest absolute Gasteiger partial charge is 0.333 e. The molecule has 0 saturated carbocycles. The minimum Gasteiger partial charge on any atom is -0.463 e. The Labute approximate surface area is 221 Å². The van der Waals surface area contributed by atoms with Gasteiger partial charge in [0.15, 0.2) is 0 Å². The molecule has 0 heterocycles. The van der Waals surface area contributed by atoms with Gasteiger partial charge in [-0.05, 0) is 48.1 Å². The summed E-state index contributed by atoms with van der Waals surface area (Å²) < 4.78 is 5.31. The number of rotatable bonds is 11. The van der Waals surface area contributed by atoms with Crippen molar-refractivity contribution in [1.82, 2.24) is 4.90 Å². The van der Waals surface area contributed by atoms with Crippen LogP contribution < -0.4 is 0 Å². The van der Waals surface area contributed by atoms with Gasteiger partial charge in [0, 0.05) is 24.7 Å². The highest BCUT2D eigenvalue weighted by Crippen LogP contribution is 2.23. The average molecular weight is 490 g/mol. The monoisotopic (exact) mass is 489 g/mol. The normalized spacial score (nSPS) is 12.4. The lowest BCUT2D eigenvalue weighted by Crippen LogP contribution is -2.35. The summed E-state index contributed by atoms with van der Waals surface area (Å²) in [5, 5.41) is 0. The van der Waals surface area contributed by atoms with Gasteiger partial charge in [-0.25, -0.2) is 4.79 Å². The maximum atomic E-state index is 12.6. The fourth-order valence-corrected chi connectivity index (χ4v) is 4.53. The first-order chi connectivity index (χ1) is 18.1. The summed E-state index contributed by atoms with van der Waals surface area (Å²) in [6, 6.07) is 40.2. The molecule has 37 heavy (non-hydrogen) atoms. The first-order valence-electron chi connectivity index (χ1n) is 12.9. The first-order valence-corrected chi connectivity index (χ1v) is 12.9. The zero-order chi connectivity index (χ0) is 25.9. The molecule has 0 aliphatic carbocycles. The van der Waals surface area contributed by atoms with E-state index in [1.165, 1.54) is 27.8 Å². The van der Waals surface area contributed by atoms with Crippen molar-refractivity contribution in [1.29, 1.82) is 0 Å². The Morgan fingerprint density at radius 2 is 1.19 bits per heavy atom. The second kappa shape index (κ2) is 13.4. The van der Waals surface area contributed by atoms with E-state index in [9.17, 15) is 4.79 Å². The highest BCUT2D eigenvalue weighted by Gasteiger charge is 2.20. The molecule has 0 N–H and O–H groups in total. The van der Waals surface area contributed by atoms with Crippen LogP contribution in [0.25, 0.3) is 11.1 Å². The van der Waals surface area contributed by atoms with Crippen LogP contribution in [0.5, 0.6) is 0 Å². The average Bonchev–Trinajstić information content (AvgIpc) is 2.94. The Kier molecular flexibility index (Phi) is 9.45. The van der Waals surface area contributed by atoms with Crippen molar-refractivity contribution in [2.45, 2.75) is 39.4 Å². The molecular formula is C34H35NO2. The minimum absolute atomic E-state index is 0.00685. The maximum absolute atomic E-state index is 12.6. The highest BCUT2D eigenvalue weighted by molar-refractivity contribution is 5.87. The Balaban J connectivity index is 1.66. The molecule has 1 atom stereocenters. The van der Waals surface area contributed by atoms with Gasteiger partial charge < -0.3 is 4.74 Å². The molecule has 3 nitrogen and oxygen atoms in total. The Hall–Kier alpha value is -3.95. The summed E-state index contributed by atoms with van der Waals surface area (Å²) in [5.74, 6) is -0.258. The molecule has 0 bridgehead atoms. The summed E-state index contributed by atoms with van der Waals surface area (Å²) in [5.41, 5.74) is 6.75. The van der Waals surface area contributed by atoms with E-state index in [0.717, 1.165) is 19.5 Å². The van der Waals surface area contributed by atoms with E-state index in [1.54, 1.807) is 0 Å². The van der Waals surface area contributed by atoms with Crippen LogP contribution in [0.3, 0.4) is 0 Å². The van der Waals surface area contributed by atoms with E-state index in [0.29, 0.717) is 12.2 Å². The van der Waals surface area contributed by atoms with Crippen LogP contribution in [0.15, 0.2) is 127 Å². The van der Waals surface area contributed by atoms with Crippen LogP contribution in [0.2, 0.25) is 0 Å². The van der Waals surface area contributed by atoms with E-state index >= 15 is 0 Å². The van der Waals surface area contributed by atoms with Crippen molar-refractivity contribution in [3.63, 3.8) is 0 Å². The summed E-state index contributed by atoms with van der Waals surface area (Å²) in [4.78, 5) is 15.0. The highest BCUT2D eigenvalue weighted by atomic mass is 16.5. The van der Waals surface area contributed by atoms with E-state index in [2.05, 4.69) is 108 Å². The zero-order valence-electron chi connectivity index (χ0n) is 21.7. The van der Waals surface area contributed by atoms with Crippen LogP contribution >= 0.6 is 0 Å². The fourth-order valence-electron chi connectivity index (χ4n) is 4.53. The number of hydrogen-bond donors (Lipinski definition) is 0. The molecule has 0 fully saturated rings. The number of nitrogens with zero attached hydrogens (tertiary/aromatic N) is 1. The quantitative estimate of drug-likeness (QED) is 0.162. The SMILES string of the molecule is CCOC(=O)C(C)=CC(Cc1ccc(-c2ccccc2)cc1)N(Cc1ccccc1)Cc1ccccc1. The number of benzene rings is 4. The minimum atomic E-state index is -0.258. The molecule has 4 rings (SSSR count). The molecule has 1 unspecified atom stereocenters. The Morgan fingerprint density at radius 1 is 0.703 bits per heavy atom. The van der Waals surface area contributed by atoms with Gasteiger partial charge in [-0.3, -0.25) is 4.90 Å². The third kappa shape index (κ3) is 7.77. The van der Waals surface area contributed by atoms with E-state index < -0.39 is 0 Å². The van der Waals surface area contributed by atoms with E-state index in [4.69, 9.17) is 4.74 Å². The third-order valence-electron chi connectivity index (χ3n) is 6.47. The second-order valence-electron chi connectivity index (χ2n) is 9.28. The Bertz CT molecular complexity index is 1220. The first kappa shape index (κ1) is 26.1. The van der Waals surface area contributed by atoms with Crippen LogP contribution in [-0.2, 0) is 29.0 Å². The van der Waals surface area contributed by atoms with Crippen molar-refractivity contribution in [3.05, 3.63) is 144 Å². The molecule has 4 aromatic rings. The lowest BCUT2D eigenvalue weighted by Gasteiger charge is -2.31. The number of hydrogen-bond acceptors (Lipinski definition) is 3. The summed E-state index contributed by atoms with van der Waals surface area (Å²) in [6.07, 6.45) is 2.86. The molecule has 0 radical (unpaired) electrons. The van der Waals surface area contributed by atoms with Crippen molar-refractivity contribution >= 4 is 5.97 Å². The van der Waals surface area contributed by atoms with Crippen molar-refractivity contribution in [3.8, 4) is 11.1 Å². The van der Waals surface area contributed by atoms with Gasteiger partial charge >= 0.3 is 5.97 Å². The summed E-state index contributed by atoms with van der Waals surface area (Å²) in [7, 11) is 0. The molecule has 4 aromatic carbocycles. The molecule has 188 valence electrons. The predicted molar refractivity (Wildman–Crippen MR) is 152 cm³/mol. The van der Waals surface area contributed by atoms with Crippen LogP contribution in [-0.4, -0.2) is 23.5 Å². The van der Waals surface area contributed by atoms with Gasteiger partial charge in [0.2, 0.25) is 0 Å². The second-order valence-corrected chi connectivity index (χ2v) is 9.28. The summed E-state index contributed by atoms with van der Waals surface area (Å²) >= 11 is 0. The topological polar surface area (TPSA) is 29.5 Å². The van der Waals surface area contributed by atoms with Gasteiger partial charge in [0.1, 0.15) is 0 Å². The fraction of sp³-hybridized carbons (Fsp3) is 0.206. The number of carbonyl (C=O) groups is 1. The van der Waals surface area contributed by atoms with Crippen molar-refractivity contribution in [2.75, 3.05) is 6.61 Å². The van der Waals surface area contributed by atoms with Crippen LogP contribution in [0, 0.1) is 0 Å². The molecular weight excluding hydrogens is 454 g/mol. The van der Waals surface area contributed by atoms with Gasteiger partial charge in [-0.1, -0.05) is 121 Å². The Morgan fingerprint density at radius 3 is 1.70 bits per heavy atom. The van der Waals surface area contributed by atoms with Gasteiger partial charge in [-0.15, -0.1) is 0 Å². The van der Waals surface area contributed by atoms with Crippen LogP contribution in [0.1, 0.15) is 30.5 Å². The van der Waals surface area contributed by atoms with E-state index in [-0.39, 0.29) is 12.0 Å². The van der Waals surface area contributed by atoms with Gasteiger partial charge in [0.05, 0.1) is 6.61 Å². The molecule has 0 aromatic heterocycles. The number of carbonyl (C=O) groups excluding carboxylic acids is 1. The van der Waals surface area contributed by atoms with Gasteiger partial charge in [0.25, 0.3) is 0 Å². The zero-order valence-corrected chi connectivity index (χ0v) is 21.7. The lowest BCUT2D eigenvalue weighted by atomic mass is 9.98. The predicted octanol–water partition coefficient (Wildman–Crippen LogP) is 7.48. The van der Waals surface area contributed by atoms with Crippen LogP contribution in [0.4, 0.5) is 0 Å². The molecule has 0 aliphatic heterocycles. The maximum Gasteiger partial charge on any atom is 0.333 e.